The molecule has 21 heavy (non-hydrogen) atoms. The summed E-state index contributed by atoms with van der Waals surface area (Å²) >= 11 is 1.80. The number of nitrogens with zero attached hydrogens (tertiary/aromatic N) is 3. The second-order valence-electron chi connectivity index (χ2n) is 5.83. The quantitative estimate of drug-likeness (QED) is 0.923. The Kier molecular flexibility index (Phi) is 3.06. The van der Waals surface area contributed by atoms with Crippen molar-refractivity contribution < 1.29 is 9.90 Å². The maximum Gasteiger partial charge on any atom is 0.306 e. The van der Waals surface area contributed by atoms with E-state index in [9.17, 15) is 4.79 Å². The van der Waals surface area contributed by atoms with Crippen molar-refractivity contribution in [2.24, 2.45) is 5.92 Å². The van der Waals surface area contributed by atoms with Gasteiger partial charge in [0.25, 0.3) is 0 Å². The third kappa shape index (κ3) is 2.09. The molecule has 1 aliphatic carbocycles. The Hall–Kier alpha value is -1.69. The lowest BCUT2D eigenvalue weighted by atomic mass is 9.97. The molecule has 1 saturated heterocycles. The molecule has 0 saturated carbocycles. The van der Waals surface area contributed by atoms with Crippen LogP contribution in [0.25, 0.3) is 10.2 Å². The van der Waals surface area contributed by atoms with Crippen LogP contribution in [-0.4, -0.2) is 34.1 Å². The van der Waals surface area contributed by atoms with E-state index >= 15 is 0 Å². The van der Waals surface area contributed by atoms with Crippen LogP contribution < -0.4 is 4.90 Å². The number of aromatic nitrogens is 2. The molecular weight excluding hydrogens is 286 g/mol. The summed E-state index contributed by atoms with van der Waals surface area (Å²) in [7, 11) is 0. The van der Waals surface area contributed by atoms with Crippen molar-refractivity contribution in [2.45, 2.75) is 32.1 Å². The van der Waals surface area contributed by atoms with Crippen LogP contribution in [0.4, 0.5) is 5.82 Å². The summed E-state index contributed by atoms with van der Waals surface area (Å²) in [6.07, 6.45) is 6.57. The van der Waals surface area contributed by atoms with E-state index in [-0.39, 0.29) is 5.92 Å². The molecule has 0 atom stereocenters. The van der Waals surface area contributed by atoms with Crippen molar-refractivity contribution in [1.82, 2.24) is 9.97 Å². The number of hydrogen-bond donors (Lipinski definition) is 1. The highest BCUT2D eigenvalue weighted by atomic mass is 32.1. The highest BCUT2D eigenvalue weighted by Crippen LogP contribution is 2.40. The predicted molar refractivity (Wildman–Crippen MR) is 82.0 cm³/mol. The molecule has 3 heterocycles. The number of carboxylic acids is 1. The van der Waals surface area contributed by atoms with Crippen molar-refractivity contribution >= 4 is 33.3 Å². The lowest BCUT2D eigenvalue weighted by Gasteiger charge is -2.31. The van der Waals surface area contributed by atoms with E-state index in [1.807, 2.05) is 0 Å². The molecule has 0 aromatic carbocycles. The zero-order valence-electron chi connectivity index (χ0n) is 11.7. The topological polar surface area (TPSA) is 66.3 Å². The van der Waals surface area contributed by atoms with Crippen molar-refractivity contribution in [3.63, 3.8) is 0 Å². The lowest BCUT2D eigenvalue weighted by Crippen LogP contribution is -2.36. The molecule has 2 aromatic heterocycles. The summed E-state index contributed by atoms with van der Waals surface area (Å²) in [5, 5.41) is 10.3. The summed E-state index contributed by atoms with van der Waals surface area (Å²) in [5.74, 6) is 0.147. The van der Waals surface area contributed by atoms with Gasteiger partial charge < -0.3 is 10.0 Å². The standard InChI is InChI=1S/C15H17N3O2S/c19-15(20)9-4-6-18(7-5-9)13-12-10-2-1-3-11(10)21-14(12)17-8-16-13/h8-9H,1-7H2,(H,19,20). The van der Waals surface area contributed by atoms with Crippen LogP contribution in [0.1, 0.15) is 29.7 Å². The van der Waals surface area contributed by atoms with Gasteiger partial charge >= 0.3 is 5.97 Å². The number of anilines is 1. The largest absolute Gasteiger partial charge is 0.481 e. The Bertz CT molecular complexity index is 704. The molecule has 2 aliphatic rings. The molecule has 0 radical (unpaired) electrons. The zero-order valence-corrected chi connectivity index (χ0v) is 12.5. The third-order valence-corrected chi connectivity index (χ3v) is 5.82. The summed E-state index contributed by atoms with van der Waals surface area (Å²) in [4.78, 5) is 24.8. The molecule has 0 bridgehead atoms. The first-order valence-corrected chi connectivity index (χ1v) is 8.28. The minimum Gasteiger partial charge on any atom is -0.481 e. The van der Waals surface area contributed by atoms with Crippen LogP contribution in [0.2, 0.25) is 0 Å². The maximum atomic E-state index is 11.1. The Balaban J connectivity index is 1.70. The SMILES string of the molecule is O=C(O)C1CCN(c2ncnc3sc4c(c23)CCC4)CC1. The van der Waals surface area contributed by atoms with E-state index in [2.05, 4.69) is 14.9 Å². The molecule has 2 aromatic rings. The Labute approximate surface area is 126 Å². The van der Waals surface area contributed by atoms with Gasteiger partial charge in [0.05, 0.1) is 11.3 Å². The molecule has 5 nitrogen and oxygen atoms in total. The third-order valence-electron chi connectivity index (χ3n) is 4.63. The molecule has 1 aliphatic heterocycles. The van der Waals surface area contributed by atoms with E-state index in [0.29, 0.717) is 12.8 Å². The number of rotatable bonds is 2. The van der Waals surface area contributed by atoms with Crippen molar-refractivity contribution in [3.8, 4) is 0 Å². The van der Waals surface area contributed by atoms with Gasteiger partial charge in [-0.25, -0.2) is 9.97 Å². The van der Waals surface area contributed by atoms with Gasteiger partial charge in [0.1, 0.15) is 17.0 Å². The number of carbonyl (C=O) groups is 1. The van der Waals surface area contributed by atoms with Gasteiger partial charge in [-0.15, -0.1) is 11.3 Å². The molecule has 0 spiro atoms. The fraction of sp³-hybridized carbons (Fsp3) is 0.533. The number of carboxylic acid groups (broad SMARTS) is 1. The van der Waals surface area contributed by atoms with Crippen LogP contribution >= 0.6 is 11.3 Å². The van der Waals surface area contributed by atoms with E-state index in [1.54, 1.807) is 17.7 Å². The van der Waals surface area contributed by atoms with E-state index < -0.39 is 5.97 Å². The summed E-state index contributed by atoms with van der Waals surface area (Å²) < 4.78 is 0. The number of hydrogen-bond acceptors (Lipinski definition) is 5. The Morgan fingerprint density at radius 1 is 1.29 bits per heavy atom. The van der Waals surface area contributed by atoms with Crippen LogP contribution in [-0.2, 0) is 17.6 Å². The van der Waals surface area contributed by atoms with E-state index in [4.69, 9.17) is 5.11 Å². The minimum atomic E-state index is -0.668. The number of fused-ring (bicyclic) bond motifs is 3. The fourth-order valence-corrected chi connectivity index (χ4v) is 4.71. The van der Waals surface area contributed by atoms with Crippen LogP contribution in [0.5, 0.6) is 0 Å². The summed E-state index contributed by atoms with van der Waals surface area (Å²) in [6, 6.07) is 0. The van der Waals surface area contributed by atoms with Crippen LogP contribution in [0.3, 0.4) is 0 Å². The van der Waals surface area contributed by atoms with E-state index in [0.717, 1.165) is 36.6 Å². The summed E-state index contributed by atoms with van der Waals surface area (Å²) in [5.41, 5.74) is 1.44. The second-order valence-corrected chi connectivity index (χ2v) is 6.92. The Morgan fingerprint density at radius 3 is 2.86 bits per heavy atom. The molecule has 0 unspecified atom stereocenters. The molecule has 0 amide bonds. The molecule has 4 rings (SSSR count). The molecule has 6 heteroatoms. The first-order chi connectivity index (χ1) is 10.2. The van der Waals surface area contributed by atoms with Crippen molar-refractivity contribution in [2.75, 3.05) is 18.0 Å². The summed E-state index contributed by atoms with van der Waals surface area (Å²) in [6.45, 7) is 1.54. The number of thiophene rings is 1. The normalized spacial score (nSPS) is 19.1. The monoisotopic (exact) mass is 303 g/mol. The van der Waals surface area contributed by atoms with Gasteiger partial charge in [-0.3, -0.25) is 4.79 Å². The molecular formula is C15H17N3O2S. The van der Waals surface area contributed by atoms with Crippen LogP contribution in [0.15, 0.2) is 6.33 Å². The smallest absolute Gasteiger partial charge is 0.306 e. The van der Waals surface area contributed by atoms with Gasteiger partial charge in [0, 0.05) is 18.0 Å². The second kappa shape index (κ2) is 4.94. The molecule has 1 N–H and O–H groups in total. The van der Waals surface area contributed by atoms with Gasteiger partial charge in [0.15, 0.2) is 0 Å². The molecule has 110 valence electrons. The number of aryl methyl sites for hydroxylation is 2. The average Bonchev–Trinajstić information content (AvgIpc) is 3.07. The number of aliphatic carboxylic acids is 1. The molecule has 1 fully saturated rings. The Morgan fingerprint density at radius 2 is 2.10 bits per heavy atom. The van der Waals surface area contributed by atoms with Gasteiger partial charge in [-0.1, -0.05) is 0 Å². The average molecular weight is 303 g/mol. The predicted octanol–water partition coefficient (Wildman–Crippen LogP) is 2.48. The number of piperidine rings is 1. The van der Waals surface area contributed by atoms with Crippen molar-refractivity contribution in [1.29, 1.82) is 0 Å². The van der Waals surface area contributed by atoms with Gasteiger partial charge in [-0.05, 0) is 37.7 Å². The van der Waals surface area contributed by atoms with Gasteiger partial charge in [-0.2, -0.15) is 0 Å². The highest BCUT2D eigenvalue weighted by Gasteiger charge is 2.28. The van der Waals surface area contributed by atoms with E-state index in [1.165, 1.54) is 22.2 Å². The first kappa shape index (κ1) is 13.0. The minimum absolute atomic E-state index is 0.202. The lowest BCUT2D eigenvalue weighted by molar-refractivity contribution is -0.142. The zero-order chi connectivity index (χ0) is 14.4. The first-order valence-electron chi connectivity index (χ1n) is 7.47. The van der Waals surface area contributed by atoms with Gasteiger partial charge in [0.2, 0.25) is 0 Å². The van der Waals surface area contributed by atoms with Crippen molar-refractivity contribution in [3.05, 3.63) is 16.8 Å². The fourth-order valence-electron chi connectivity index (χ4n) is 3.49. The highest BCUT2D eigenvalue weighted by molar-refractivity contribution is 7.19. The van der Waals surface area contributed by atoms with Crippen LogP contribution in [0, 0.1) is 5.92 Å². The maximum absolute atomic E-state index is 11.1.